The zero-order valence-electron chi connectivity index (χ0n) is 17.0. The van der Waals surface area contributed by atoms with Gasteiger partial charge < -0.3 is 15.4 Å². The number of halogens is 1. The van der Waals surface area contributed by atoms with Crippen molar-refractivity contribution in [2.45, 2.75) is 52.0 Å². The van der Waals surface area contributed by atoms with Gasteiger partial charge in [0.15, 0.2) is 6.61 Å². The highest BCUT2D eigenvalue weighted by molar-refractivity contribution is 5.97. The molecule has 1 atom stereocenters. The molecule has 0 aromatic heterocycles. The molecule has 6 nitrogen and oxygen atoms in total. The predicted octanol–water partition coefficient (Wildman–Crippen LogP) is 3.13. The molecule has 1 aromatic rings. The fourth-order valence-corrected chi connectivity index (χ4v) is 3.13. The summed E-state index contributed by atoms with van der Waals surface area (Å²) in [6, 6.07) is 4.54. The van der Waals surface area contributed by atoms with Crippen molar-refractivity contribution in [3.8, 4) is 0 Å². The van der Waals surface area contributed by atoms with Gasteiger partial charge >= 0.3 is 5.97 Å². The Morgan fingerprint density at radius 2 is 1.93 bits per heavy atom. The number of nitrogens with one attached hydrogen (secondary N) is 2. The van der Waals surface area contributed by atoms with Crippen LogP contribution in [0.3, 0.4) is 0 Å². The van der Waals surface area contributed by atoms with E-state index in [4.69, 9.17) is 4.74 Å². The highest BCUT2D eigenvalue weighted by Crippen LogP contribution is 2.19. The fourth-order valence-electron chi connectivity index (χ4n) is 3.13. The smallest absolute Gasteiger partial charge is 0.329 e. The summed E-state index contributed by atoms with van der Waals surface area (Å²) in [4.78, 5) is 36.5. The number of hydrogen-bond donors (Lipinski definition) is 2. The highest BCUT2D eigenvalue weighted by atomic mass is 19.1. The lowest BCUT2D eigenvalue weighted by Crippen LogP contribution is -2.46. The summed E-state index contributed by atoms with van der Waals surface area (Å²) in [5.74, 6) is -2.79. The molecule has 0 bridgehead atoms. The van der Waals surface area contributed by atoms with Gasteiger partial charge in [-0.25, -0.2) is 9.18 Å². The van der Waals surface area contributed by atoms with Crippen LogP contribution in [0, 0.1) is 11.7 Å². The van der Waals surface area contributed by atoms with E-state index in [0.29, 0.717) is 6.54 Å². The quantitative estimate of drug-likeness (QED) is 0.489. The Labute approximate surface area is 170 Å². The molecule has 158 valence electrons. The molecule has 0 saturated heterocycles. The molecular weight excluding hydrogens is 375 g/mol. The van der Waals surface area contributed by atoms with Crippen molar-refractivity contribution in [3.05, 3.63) is 47.3 Å². The Hall–Kier alpha value is -2.70. The Kier molecular flexibility index (Phi) is 8.83. The zero-order chi connectivity index (χ0) is 21.2. The molecule has 7 heteroatoms. The van der Waals surface area contributed by atoms with Crippen LogP contribution in [0.5, 0.6) is 0 Å². The van der Waals surface area contributed by atoms with Gasteiger partial charge in [-0.15, -0.1) is 0 Å². The second-order valence-corrected chi connectivity index (χ2v) is 7.49. The van der Waals surface area contributed by atoms with E-state index in [1.165, 1.54) is 42.7 Å². The van der Waals surface area contributed by atoms with Gasteiger partial charge in [0.05, 0.1) is 5.56 Å². The highest BCUT2D eigenvalue weighted by Gasteiger charge is 2.27. The molecule has 1 aliphatic rings. The number of amides is 2. The number of benzene rings is 1. The average Bonchev–Trinajstić information content (AvgIpc) is 2.71. The molecule has 0 unspecified atom stereocenters. The molecule has 1 aromatic carbocycles. The molecule has 0 aliphatic heterocycles. The van der Waals surface area contributed by atoms with Gasteiger partial charge in [-0.05, 0) is 50.2 Å². The first kappa shape index (κ1) is 22.6. The van der Waals surface area contributed by atoms with E-state index in [0.717, 1.165) is 19.3 Å². The van der Waals surface area contributed by atoms with Crippen molar-refractivity contribution < 1.29 is 23.5 Å². The van der Waals surface area contributed by atoms with E-state index < -0.39 is 36.2 Å². The maximum absolute atomic E-state index is 13.8. The summed E-state index contributed by atoms with van der Waals surface area (Å²) in [5, 5.41) is 5.22. The molecule has 0 saturated carbocycles. The van der Waals surface area contributed by atoms with E-state index in [9.17, 15) is 18.8 Å². The maximum atomic E-state index is 13.8. The summed E-state index contributed by atoms with van der Waals surface area (Å²) in [6.07, 6.45) is 7.59. The topological polar surface area (TPSA) is 84.5 Å². The van der Waals surface area contributed by atoms with Crippen molar-refractivity contribution in [2.75, 3.05) is 13.2 Å². The van der Waals surface area contributed by atoms with Gasteiger partial charge in [-0.2, -0.15) is 0 Å². The van der Waals surface area contributed by atoms with Gasteiger partial charge in [-0.1, -0.05) is 37.6 Å². The van der Waals surface area contributed by atoms with Crippen LogP contribution in [0.1, 0.15) is 56.3 Å². The Bertz CT molecular complexity index is 761. The number of ether oxygens (including phenoxy) is 1. The summed E-state index contributed by atoms with van der Waals surface area (Å²) < 4.78 is 18.8. The molecule has 29 heavy (non-hydrogen) atoms. The zero-order valence-corrected chi connectivity index (χ0v) is 17.0. The van der Waals surface area contributed by atoms with Crippen molar-refractivity contribution in [2.24, 2.45) is 5.92 Å². The van der Waals surface area contributed by atoms with E-state index >= 15 is 0 Å². The molecule has 2 N–H and O–H groups in total. The number of allylic oxidation sites excluding steroid dienone is 1. The van der Waals surface area contributed by atoms with E-state index in [-0.39, 0.29) is 11.5 Å². The van der Waals surface area contributed by atoms with Crippen LogP contribution in [0.2, 0.25) is 0 Å². The molecule has 1 aliphatic carbocycles. The molecule has 2 amide bonds. The van der Waals surface area contributed by atoms with Crippen LogP contribution in [-0.2, 0) is 14.3 Å². The minimum absolute atomic E-state index is 0.152. The third-order valence-electron chi connectivity index (χ3n) is 4.82. The second kappa shape index (κ2) is 11.3. The SMILES string of the molecule is CC(C)[C@H](NC(=O)c1ccccc1F)C(=O)OCC(=O)NCCC1=CCCCC1. The lowest BCUT2D eigenvalue weighted by atomic mass is 9.97. The minimum Gasteiger partial charge on any atom is -0.454 e. The van der Waals surface area contributed by atoms with Crippen molar-refractivity contribution in [1.82, 2.24) is 10.6 Å². The number of carbonyl (C=O) groups is 3. The monoisotopic (exact) mass is 404 g/mol. The molecule has 2 rings (SSSR count). The normalized spacial score (nSPS) is 14.7. The number of carbonyl (C=O) groups excluding carboxylic acids is 3. The Morgan fingerprint density at radius 1 is 1.17 bits per heavy atom. The van der Waals surface area contributed by atoms with Crippen LogP contribution >= 0.6 is 0 Å². The first-order valence-corrected chi connectivity index (χ1v) is 10.0. The van der Waals surface area contributed by atoms with E-state index in [1.807, 2.05) is 0 Å². The van der Waals surface area contributed by atoms with Gasteiger partial charge in [0, 0.05) is 6.54 Å². The molecule has 0 heterocycles. The van der Waals surface area contributed by atoms with Gasteiger partial charge in [-0.3, -0.25) is 9.59 Å². The maximum Gasteiger partial charge on any atom is 0.329 e. The summed E-state index contributed by atoms with van der Waals surface area (Å²) >= 11 is 0. The summed E-state index contributed by atoms with van der Waals surface area (Å²) in [5.41, 5.74) is 1.20. The summed E-state index contributed by atoms with van der Waals surface area (Å²) in [6.45, 7) is 3.54. The van der Waals surface area contributed by atoms with Gasteiger partial charge in [0.2, 0.25) is 0 Å². The summed E-state index contributed by atoms with van der Waals surface area (Å²) in [7, 11) is 0. The molecule has 0 radical (unpaired) electrons. The van der Waals surface area contributed by atoms with Crippen LogP contribution in [0.25, 0.3) is 0 Å². The molecular formula is C22H29FN2O4. The van der Waals surface area contributed by atoms with Crippen LogP contribution in [0.15, 0.2) is 35.9 Å². The second-order valence-electron chi connectivity index (χ2n) is 7.49. The van der Waals surface area contributed by atoms with Crippen molar-refractivity contribution in [3.63, 3.8) is 0 Å². The van der Waals surface area contributed by atoms with Crippen LogP contribution in [0.4, 0.5) is 4.39 Å². The largest absolute Gasteiger partial charge is 0.454 e. The van der Waals surface area contributed by atoms with Gasteiger partial charge in [0.1, 0.15) is 11.9 Å². The van der Waals surface area contributed by atoms with E-state index in [2.05, 4.69) is 16.7 Å². The standard InChI is InChI=1S/C22H29FN2O4/c1-15(2)20(25-21(27)17-10-6-7-11-18(17)23)22(28)29-14-19(26)24-13-12-16-8-4-3-5-9-16/h6-8,10-11,15,20H,3-5,9,12-14H2,1-2H3,(H,24,26)(H,25,27)/t20-/m0/s1. The average molecular weight is 404 g/mol. The number of hydrogen-bond acceptors (Lipinski definition) is 4. The first-order chi connectivity index (χ1) is 13.9. The van der Waals surface area contributed by atoms with Crippen LogP contribution < -0.4 is 10.6 Å². The fraction of sp³-hybridized carbons (Fsp3) is 0.500. The molecule has 0 fully saturated rings. The number of esters is 1. The Morgan fingerprint density at radius 3 is 2.59 bits per heavy atom. The van der Waals surface area contributed by atoms with Gasteiger partial charge in [0.25, 0.3) is 11.8 Å². The van der Waals surface area contributed by atoms with Crippen molar-refractivity contribution >= 4 is 17.8 Å². The lowest BCUT2D eigenvalue weighted by Gasteiger charge is -2.21. The molecule has 0 spiro atoms. The first-order valence-electron chi connectivity index (χ1n) is 10.0. The van der Waals surface area contributed by atoms with Crippen molar-refractivity contribution in [1.29, 1.82) is 0 Å². The minimum atomic E-state index is -0.984. The van der Waals surface area contributed by atoms with E-state index in [1.54, 1.807) is 13.8 Å². The number of rotatable bonds is 9. The lowest BCUT2D eigenvalue weighted by molar-refractivity contribution is -0.151. The Balaban J connectivity index is 1.79. The third-order valence-corrected chi connectivity index (χ3v) is 4.82. The predicted molar refractivity (Wildman–Crippen MR) is 108 cm³/mol. The van der Waals surface area contributed by atoms with Crippen LogP contribution in [-0.4, -0.2) is 37.0 Å². The third kappa shape index (κ3) is 7.33.